The van der Waals surface area contributed by atoms with Gasteiger partial charge in [-0.1, -0.05) is 24.3 Å². The van der Waals surface area contributed by atoms with Crippen molar-refractivity contribution in [3.05, 3.63) is 57.8 Å². The number of carboxylic acids is 1. The number of nitrogens with one attached hydrogen (secondary N) is 1. The van der Waals surface area contributed by atoms with Crippen LogP contribution in [0.25, 0.3) is 0 Å². The molecule has 7 heteroatoms. The minimum atomic E-state index is -1.43. The number of hydrogen-bond donors (Lipinski definition) is 3. The normalized spacial score (nSPS) is 15.0. The lowest BCUT2D eigenvalue weighted by molar-refractivity contribution is -0.144. The number of aromatic nitrogens is 1. The lowest BCUT2D eigenvalue weighted by Gasteiger charge is -2.25. The summed E-state index contributed by atoms with van der Waals surface area (Å²) < 4.78 is 0.521. The van der Waals surface area contributed by atoms with Crippen molar-refractivity contribution in [1.82, 2.24) is 10.3 Å². The molecular weight excluding hydrogens is 364 g/mol. The smallest absolute Gasteiger partial charge is 0.330 e. The molecule has 6 nitrogen and oxygen atoms in total. The van der Waals surface area contributed by atoms with Crippen molar-refractivity contribution in [3.8, 4) is 5.75 Å². The highest BCUT2D eigenvalue weighted by atomic mass is 79.9. The Morgan fingerprint density at radius 3 is 2.35 bits per heavy atom. The molecule has 23 heavy (non-hydrogen) atoms. The van der Waals surface area contributed by atoms with Crippen molar-refractivity contribution in [2.45, 2.75) is 18.4 Å². The monoisotopic (exact) mass is 376 g/mol. The van der Waals surface area contributed by atoms with E-state index < -0.39 is 17.4 Å². The summed E-state index contributed by atoms with van der Waals surface area (Å²) in [4.78, 5) is 28.0. The first-order valence-corrected chi connectivity index (χ1v) is 7.68. The topological polar surface area (TPSA) is 99.5 Å². The van der Waals surface area contributed by atoms with Gasteiger partial charge in [0.25, 0.3) is 5.91 Å². The first kappa shape index (κ1) is 15.5. The fraction of sp³-hybridized carbons (Fsp3) is 0.188. The Morgan fingerprint density at radius 1 is 1.22 bits per heavy atom. The van der Waals surface area contributed by atoms with Crippen LogP contribution in [0.15, 0.2) is 41.0 Å². The Kier molecular flexibility index (Phi) is 3.81. The second-order valence-corrected chi connectivity index (χ2v) is 6.40. The van der Waals surface area contributed by atoms with E-state index in [1.807, 2.05) is 24.3 Å². The lowest BCUT2D eigenvalue weighted by atomic mass is 9.95. The number of carbonyl (C=O) groups is 2. The molecule has 1 aliphatic carbocycles. The highest BCUT2D eigenvalue weighted by Crippen LogP contribution is 2.31. The maximum Gasteiger partial charge on any atom is 0.330 e. The summed E-state index contributed by atoms with van der Waals surface area (Å²) in [5.74, 6) is -2.14. The SMILES string of the molecule is O=C(NC1(C(=O)O)Cc2ccccc2C1)c1ncc(Br)cc1O. The molecule has 1 aliphatic rings. The number of aliphatic carboxylic acids is 1. The molecule has 2 aromatic rings. The van der Waals surface area contributed by atoms with E-state index in [2.05, 4.69) is 26.2 Å². The molecule has 1 amide bonds. The Morgan fingerprint density at radius 2 is 1.83 bits per heavy atom. The minimum Gasteiger partial charge on any atom is -0.505 e. The number of aromatic hydroxyl groups is 1. The summed E-state index contributed by atoms with van der Waals surface area (Å²) in [5, 5.41) is 22.0. The third kappa shape index (κ3) is 2.79. The molecule has 0 atom stereocenters. The molecule has 3 N–H and O–H groups in total. The average Bonchev–Trinajstić information content (AvgIpc) is 2.86. The van der Waals surface area contributed by atoms with Gasteiger partial charge in [-0.3, -0.25) is 4.79 Å². The fourth-order valence-electron chi connectivity index (χ4n) is 2.79. The van der Waals surface area contributed by atoms with Crippen molar-refractivity contribution in [2.24, 2.45) is 0 Å². The van der Waals surface area contributed by atoms with Crippen molar-refractivity contribution in [3.63, 3.8) is 0 Å². The van der Waals surface area contributed by atoms with Crippen LogP contribution in [-0.2, 0) is 17.6 Å². The standard InChI is InChI=1S/C16H13BrN2O4/c17-11-5-12(20)13(18-8-11)14(21)19-16(15(22)23)6-9-3-1-2-4-10(9)7-16/h1-5,8,20H,6-7H2,(H,19,21)(H,22,23). The quantitative estimate of drug-likeness (QED) is 0.759. The molecule has 1 aromatic heterocycles. The second-order valence-electron chi connectivity index (χ2n) is 5.48. The number of nitrogens with zero attached hydrogens (tertiary/aromatic N) is 1. The number of halogens is 1. The highest BCUT2D eigenvalue weighted by Gasteiger charge is 2.45. The minimum absolute atomic E-state index is 0.196. The molecule has 0 aliphatic heterocycles. The van der Waals surface area contributed by atoms with Crippen molar-refractivity contribution < 1.29 is 19.8 Å². The Hall–Kier alpha value is -2.41. The van der Waals surface area contributed by atoms with Crippen LogP contribution in [-0.4, -0.2) is 32.6 Å². The van der Waals surface area contributed by atoms with Gasteiger partial charge in [0, 0.05) is 23.5 Å². The van der Waals surface area contributed by atoms with Gasteiger partial charge in [-0.25, -0.2) is 9.78 Å². The van der Waals surface area contributed by atoms with E-state index >= 15 is 0 Å². The number of pyridine rings is 1. The van der Waals surface area contributed by atoms with Crippen LogP contribution in [0.2, 0.25) is 0 Å². The molecule has 0 unspecified atom stereocenters. The van der Waals surface area contributed by atoms with Gasteiger partial charge in [0.2, 0.25) is 0 Å². The van der Waals surface area contributed by atoms with E-state index in [9.17, 15) is 19.8 Å². The van der Waals surface area contributed by atoms with Crippen molar-refractivity contribution in [1.29, 1.82) is 0 Å². The molecule has 0 spiro atoms. The van der Waals surface area contributed by atoms with Crippen molar-refractivity contribution >= 4 is 27.8 Å². The van der Waals surface area contributed by atoms with E-state index in [1.165, 1.54) is 12.3 Å². The van der Waals surface area contributed by atoms with Gasteiger partial charge in [-0.15, -0.1) is 0 Å². The second kappa shape index (κ2) is 5.66. The molecule has 1 aromatic carbocycles. The zero-order valence-corrected chi connectivity index (χ0v) is 13.5. The maximum atomic E-state index is 12.4. The summed E-state index contributed by atoms with van der Waals surface area (Å²) in [7, 11) is 0. The number of fused-ring (bicyclic) bond motifs is 1. The largest absolute Gasteiger partial charge is 0.505 e. The molecule has 1 heterocycles. The molecule has 3 rings (SSSR count). The zero-order valence-electron chi connectivity index (χ0n) is 11.9. The van der Waals surface area contributed by atoms with Gasteiger partial charge in [0.15, 0.2) is 5.69 Å². The highest BCUT2D eigenvalue weighted by molar-refractivity contribution is 9.10. The number of benzene rings is 1. The van der Waals surface area contributed by atoms with Crippen LogP contribution in [0.5, 0.6) is 5.75 Å². The summed E-state index contributed by atoms with van der Waals surface area (Å²) >= 11 is 3.14. The average molecular weight is 377 g/mol. The van der Waals surface area contributed by atoms with Crippen LogP contribution in [0.1, 0.15) is 21.6 Å². The molecular formula is C16H13BrN2O4. The third-order valence-corrected chi connectivity index (χ3v) is 4.35. The summed E-state index contributed by atoms with van der Waals surface area (Å²) in [6.45, 7) is 0. The summed E-state index contributed by atoms with van der Waals surface area (Å²) in [6.07, 6.45) is 1.76. The number of hydrogen-bond acceptors (Lipinski definition) is 4. The first-order chi connectivity index (χ1) is 10.9. The van der Waals surface area contributed by atoms with E-state index in [4.69, 9.17) is 0 Å². The number of carboxylic acid groups (broad SMARTS) is 1. The fourth-order valence-corrected chi connectivity index (χ4v) is 3.11. The molecule has 118 valence electrons. The number of rotatable bonds is 3. The Bertz CT molecular complexity index is 781. The van der Waals surface area contributed by atoms with Gasteiger partial charge in [-0.2, -0.15) is 0 Å². The van der Waals surface area contributed by atoms with Gasteiger partial charge in [0.1, 0.15) is 11.3 Å². The van der Waals surface area contributed by atoms with E-state index in [-0.39, 0.29) is 24.3 Å². The summed E-state index contributed by atoms with van der Waals surface area (Å²) in [6, 6.07) is 8.70. The Labute approximate surface area is 140 Å². The van der Waals surface area contributed by atoms with Crippen molar-refractivity contribution in [2.75, 3.05) is 0 Å². The number of amides is 1. The van der Waals surface area contributed by atoms with Crippen LogP contribution in [0.3, 0.4) is 0 Å². The molecule has 0 bridgehead atoms. The molecule has 0 fully saturated rings. The van der Waals surface area contributed by atoms with Crippen LogP contribution in [0.4, 0.5) is 0 Å². The lowest BCUT2D eigenvalue weighted by Crippen LogP contribution is -2.55. The zero-order chi connectivity index (χ0) is 16.6. The third-order valence-electron chi connectivity index (χ3n) is 3.91. The predicted octanol–water partition coefficient (Wildman–Crippen LogP) is 1.90. The van der Waals surface area contributed by atoms with Gasteiger partial charge >= 0.3 is 5.97 Å². The maximum absolute atomic E-state index is 12.4. The van der Waals surface area contributed by atoms with E-state index in [0.29, 0.717) is 4.47 Å². The predicted molar refractivity (Wildman–Crippen MR) is 85.3 cm³/mol. The summed E-state index contributed by atoms with van der Waals surface area (Å²) in [5.41, 5.74) is 0.151. The van der Waals surface area contributed by atoms with Gasteiger partial charge in [-0.05, 0) is 33.1 Å². The van der Waals surface area contributed by atoms with Gasteiger partial charge < -0.3 is 15.5 Å². The molecule has 0 saturated heterocycles. The molecule has 0 radical (unpaired) electrons. The first-order valence-electron chi connectivity index (χ1n) is 6.88. The molecule has 0 saturated carbocycles. The van der Waals surface area contributed by atoms with Gasteiger partial charge in [0.05, 0.1) is 0 Å². The Balaban J connectivity index is 1.90. The van der Waals surface area contributed by atoms with E-state index in [1.54, 1.807) is 0 Å². The van der Waals surface area contributed by atoms with Crippen LogP contribution >= 0.6 is 15.9 Å². The van der Waals surface area contributed by atoms with Crippen LogP contribution in [0, 0.1) is 0 Å². The van der Waals surface area contributed by atoms with E-state index in [0.717, 1.165) is 11.1 Å². The number of carbonyl (C=O) groups excluding carboxylic acids is 1. The van der Waals surface area contributed by atoms with Crippen LogP contribution < -0.4 is 5.32 Å².